The van der Waals surface area contributed by atoms with Crippen molar-refractivity contribution in [2.24, 2.45) is 11.8 Å². The van der Waals surface area contributed by atoms with Gasteiger partial charge >= 0.3 is 6.09 Å². The summed E-state index contributed by atoms with van der Waals surface area (Å²) in [4.78, 5) is 38.8. The van der Waals surface area contributed by atoms with Gasteiger partial charge in [0.2, 0.25) is 11.8 Å². The molecular weight excluding hydrogens is 356 g/mol. The van der Waals surface area contributed by atoms with Crippen molar-refractivity contribution >= 4 is 29.7 Å². The number of rotatable bonds is 4. The molecule has 0 bridgehead atoms. The van der Waals surface area contributed by atoms with E-state index in [9.17, 15) is 14.4 Å². The smallest absolute Gasteiger partial charge is 0.413 e. The lowest BCUT2D eigenvalue weighted by molar-refractivity contribution is -0.126. The molecule has 8 nitrogen and oxygen atoms in total. The summed E-state index contributed by atoms with van der Waals surface area (Å²) in [5, 5.41) is 8.35. The second-order valence-corrected chi connectivity index (χ2v) is 8.53. The maximum Gasteiger partial charge on any atom is 0.413 e. The molecule has 3 amide bonds. The van der Waals surface area contributed by atoms with E-state index in [0.717, 1.165) is 18.7 Å². The molecule has 0 aromatic rings. The van der Waals surface area contributed by atoms with Crippen LogP contribution in [0.3, 0.4) is 0 Å². The van der Waals surface area contributed by atoms with Crippen LogP contribution in [0.4, 0.5) is 4.79 Å². The molecule has 0 saturated carbocycles. The predicted octanol–water partition coefficient (Wildman–Crippen LogP) is 0.484. The van der Waals surface area contributed by atoms with Gasteiger partial charge in [-0.25, -0.2) is 4.79 Å². The molecule has 9 heteroatoms. The van der Waals surface area contributed by atoms with Crippen LogP contribution in [0.25, 0.3) is 0 Å². The van der Waals surface area contributed by atoms with Crippen LogP contribution >= 0.6 is 11.8 Å². The molecule has 26 heavy (non-hydrogen) atoms. The summed E-state index contributed by atoms with van der Waals surface area (Å²) in [6.07, 6.45) is 2.42. The molecule has 3 heterocycles. The first-order valence-corrected chi connectivity index (χ1v) is 10.4. The van der Waals surface area contributed by atoms with Gasteiger partial charge in [0.05, 0.1) is 24.1 Å². The van der Waals surface area contributed by atoms with Crippen LogP contribution in [-0.4, -0.2) is 65.8 Å². The first kappa shape index (κ1) is 19.4. The van der Waals surface area contributed by atoms with Crippen LogP contribution in [-0.2, 0) is 14.3 Å². The lowest BCUT2D eigenvalue weighted by Crippen LogP contribution is -2.50. The number of hydrogen-bond donors (Lipinski definition) is 3. The summed E-state index contributed by atoms with van der Waals surface area (Å²) < 4.78 is 4.75. The van der Waals surface area contributed by atoms with Gasteiger partial charge in [-0.1, -0.05) is 6.92 Å². The maximum atomic E-state index is 12.7. The van der Waals surface area contributed by atoms with Crippen LogP contribution in [0.2, 0.25) is 0 Å². The molecule has 146 valence electrons. The van der Waals surface area contributed by atoms with Gasteiger partial charge in [-0.2, -0.15) is 0 Å². The van der Waals surface area contributed by atoms with Crippen molar-refractivity contribution in [3.63, 3.8) is 0 Å². The van der Waals surface area contributed by atoms with Crippen molar-refractivity contribution in [2.75, 3.05) is 25.4 Å². The minimum Gasteiger partial charge on any atom is -0.450 e. The third-order valence-corrected chi connectivity index (χ3v) is 6.54. The Balaban J connectivity index is 1.52. The normalized spacial score (nSPS) is 34.2. The number of piperidine rings is 1. The monoisotopic (exact) mass is 384 g/mol. The average molecular weight is 385 g/mol. The number of nitrogens with one attached hydrogen (secondary N) is 3. The lowest BCUT2D eigenvalue weighted by atomic mass is 9.99. The molecule has 0 spiro atoms. The molecule has 0 radical (unpaired) electrons. The highest BCUT2D eigenvalue weighted by molar-refractivity contribution is 8.00. The maximum absolute atomic E-state index is 12.7. The number of imide groups is 1. The summed E-state index contributed by atoms with van der Waals surface area (Å²) in [6.45, 7) is 5.86. The molecular formula is C17H28N4O4S. The van der Waals surface area contributed by atoms with Gasteiger partial charge in [0.1, 0.15) is 6.04 Å². The van der Waals surface area contributed by atoms with Crippen molar-refractivity contribution in [2.45, 2.75) is 50.7 Å². The Kier molecular flexibility index (Phi) is 6.42. The van der Waals surface area contributed by atoms with Gasteiger partial charge in [0.15, 0.2) is 0 Å². The van der Waals surface area contributed by atoms with Crippen molar-refractivity contribution < 1.29 is 19.1 Å². The minimum atomic E-state index is -0.733. The topological polar surface area (TPSA) is 99.8 Å². The van der Waals surface area contributed by atoms with Gasteiger partial charge in [0, 0.05) is 13.1 Å². The zero-order valence-corrected chi connectivity index (χ0v) is 16.1. The first-order valence-electron chi connectivity index (χ1n) is 9.37. The number of ether oxygens (including phenoxy) is 1. The molecule has 0 aliphatic carbocycles. The Morgan fingerprint density at radius 1 is 1.19 bits per heavy atom. The largest absolute Gasteiger partial charge is 0.450 e. The summed E-state index contributed by atoms with van der Waals surface area (Å²) in [7, 11) is 0. The van der Waals surface area contributed by atoms with Gasteiger partial charge in [0.25, 0.3) is 0 Å². The fraction of sp³-hybridized carbons (Fsp3) is 0.824. The quantitative estimate of drug-likeness (QED) is 0.648. The van der Waals surface area contributed by atoms with E-state index in [4.69, 9.17) is 4.74 Å². The highest BCUT2D eigenvalue weighted by Gasteiger charge is 2.41. The van der Waals surface area contributed by atoms with Gasteiger partial charge in [-0.15, -0.1) is 11.8 Å². The Labute approximate surface area is 158 Å². The van der Waals surface area contributed by atoms with E-state index in [1.54, 1.807) is 18.7 Å². The second-order valence-electron chi connectivity index (χ2n) is 7.28. The van der Waals surface area contributed by atoms with E-state index in [1.807, 2.05) is 0 Å². The first-order chi connectivity index (χ1) is 12.5. The molecule has 3 aliphatic rings. The zero-order valence-electron chi connectivity index (χ0n) is 15.3. The Morgan fingerprint density at radius 3 is 2.77 bits per heavy atom. The van der Waals surface area contributed by atoms with E-state index in [2.05, 4.69) is 27.8 Å². The van der Waals surface area contributed by atoms with Crippen molar-refractivity contribution in [1.82, 2.24) is 20.9 Å². The molecule has 5 unspecified atom stereocenters. The van der Waals surface area contributed by atoms with Crippen LogP contribution in [0.1, 0.15) is 33.1 Å². The van der Waals surface area contributed by atoms with E-state index in [0.29, 0.717) is 18.9 Å². The van der Waals surface area contributed by atoms with Gasteiger partial charge in [-0.3, -0.25) is 25.1 Å². The third-order valence-electron chi connectivity index (χ3n) is 5.26. The van der Waals surface area contributed by atoms with Crippen LogP contribution in [0, 0.1) is 11.8 Å². The van der Waals surface area contributed by atoms with E-state index in [1.165, 1.54) is 6.42 Å². The summed E-state index contributed by atoms with van der Waals surface area (Å²) in [6, 6.07) is -0.250. The molecule has 3 fully saturated rings. The molecule has 0 aromatic carbocycles. The summed E-state index contributed by atoms with van der Waals surface area (Å²) in [5.41, 5.74) is 0. The average Bonchev–Trinajstić information content (AvgIpc) is 3.21. The Hall–Kier alpha value is -1.32. The minimum absolute atomic E-state index is 0.0691. The number of carbonyl (C=O) groups excluding carboxylic acids is 3. The van der Waals surface area contributed by atoms with Crippen molar-refractivity contribution in [3.8, 4) is 0 Å². The number of nitrogens with zero attached hydrogens (tertiary/aromatic N) is 1. The van der Waals surface area contributed by atoms with E-state index < -0.39 is 12.0 Å². The van der Waals surface area contributed by atoms with Crippen molar-refractivity contribution in [1.29, 1.82) is 0 Å². The SMILES string of the molecule is CCOC(=O)NC(=O)C1CCSC1NC(=O)C1CN2CC(C)CCC2N1. The Bertz CT molecular complexity index is 561. The molecule has 3 N–H and O–H groups in total. The van der Waals surface area contributed by atoms with Gasteiger partial charge in [-0.05, 0) is 37.9 Å². The highest BCUT2D eigenvalue weighted by atomic mass is 32.2. The zero-order chi connectivity index (χ0) is 18.7. The Morgan fingerprint density at radius 2 is 2.00 bits per heavy atom. The number of amides is 3. The highest BCUT2D eigenvalue weighted by Crippen LogP contribution is 2.31. The van der Waals surface area contributed by atoms with Crippen LogP contribution < -0.4 is 16.0 Å². The molecule has 3 rings (SSSR count). The number of carbonyl (C=O) groups is 3. The lowest BCUT2D eigenvalue weighted by Gasteiger charge is -2.32. The predicted molar refractivity (Wildman–Crippen MR) is 98.3 cm³/mol. The molecule has 3 aliphatic heterocycles. The fourth-order valence-electron chi connectivity index (χ4n) is 3.91. The molecule has 5 atom stereocenters. The fourth-order valence-corrected chi connectivity index (χ4v) is 5.25. The molecule has 0 aromatic heterocycles. The summed E-state index contributed by atoms with van der Waals surface area (Å²) >= 11 is 1.55. The second kappa shape index (κ2) is 8.58. The number of thioether (sulfide) groups is 1. The van der Waals surface area contributed by atoms with Crippen LogP contribution in [0.5, 0.6) is 0 Å². The number of fused-ring (bicyclic) bond motifs is 1. The standard InChI is InChI=1S/C17H28N4O4S/c1-3-25-17(24)20-14(22)11-6-7-26-16(11)19-15(23)12-9-21-8-10(2)4-5-13(21)18-12/h10-13,16,18H,3-9H2,1-2H3,(H,19,23)(H,20,22,24). The number of alkyl carbamates (subject to hydrolysis) is 1. The molecule has 3 saturated heterocycles. The van der Waals surface area contributed by atoms with Crippen LogP contribution in [0.15, 0.2) is 0 Å². The van der Waals surface area contributed by atoms with E-state index in [-0.39, 0.29) is 36.0 Å². The third kappa shape index (κ3) is 4.50. The number of hydrogen-bond acceptors (Lipinski definition) is 7. The van der Waals surface area contributed by atoms with Gasteiger partial charge < -0.3 is 10.1 Å². The van der Waals surface area contributed by atoms with E-state index >= 15 is 0 Å². The van der Waals surface area contributed by atoms with Crippen molar-refractivity contribution in [3.05, 3.63) is 0 Å². The summed E-state index contributed by atoms with van der Waals surface area (Å²) in [5.74, 6) is 0.564.